The summed E-state index contributed by atoms with van der Waals surface area (Å²) in [4.78, 5) is 128. The van der Waals surface area contributed by atoms with Crippen LogP contribution in [-0.2, 0) is 43.2 Å². The number of nitrogens with two attached hydrogens (primary N) is 5. The molecule has 0 saturated carbocycles. The zero-order valence-electron chi connectivity index (χ0n) is 41.0. The summed E-state index contributed by atoms with van der Waals surface area (Å²) in [7, 11) is 0. The standard InChI is InChI=1S/C43H79N15O11/c1-22(2)17-26(44)35(62)55-30(19-24(5)6)39(66)54-28(12-9-15-50-43(47)48)38(65)53-27(11-8-14-49-42(45)46)37(64)52-25(7)34(61)57-31(21-59)40(67)56-29(18-23(3)4)36(63)51-20-33(60)58-16-10-13-32(58)41(68)69/h22-32,59H,8-21,44H2,1-7H3,(H,51,63)(H,52,64)(H,53,65)(H,54,66)(H,55,62)(H,56,67)(H,57,61)(H,68,69)(H4,45,46,49)(H4,47,48,50)/t25-,26-,27-,28-,29-,30-,31-,32-/m0/s1. The Balaban J connectivity index is 3.25. The van der Waals surface area contributed by atoms with E-state index >= 15 is 0 Å². The Bertz CT molecular complexity index is 1800. The van der Waals surface area contributed by atoms with Crippen molar-refractivity contribution in [3.63, 3.8) is 0 Å². The van der Waals surface area contributed by atoms with Crippen LogP contribution in [0.15, 0.2) is 9.98 Å². The van der Waals surface area contributed by atoms with E-state index < -0.39 is 115 Å². The average Bonchev–Trinajstić information content (AvgIpc) is 3.76. The minimum absolute atomic E-state index is 0.0149. The molecule has 26 heteroatoms. The third-order valence-corrected chi connectivity index (χ3v) is 10.7. The molecule has 1 aliphatic rings. The SMILES string of the molecule is CC(C)C[C@H](NC(=O)[C@H](CO)NC(=O)[C@H](C)NC(=O)[C@H](CCCN=C(N)N)NC(=O)[C@H](CCCN=C(N)N)NC(=O)[C@H](CC(C)C)NC(=O)[C@@H](N)CC(C)C)C(=O)NCC(=O)N1CCC[C@H]1C(=O)O. The number of carbonyl (C=O) groups is 9. The van der Waals surface area contributed by atoms with Gasteiger partial charge in [0, 0.05) is 19.6 Å². The first kappa shape index (κ1) is 60.7. The summed E-state index contributed by atoms with van der Waals surface area (Å²) < 4.78 is 0. The third-order valence-electron chi connectivity index (χ3n) is 10.7. The van der Waals surface area contributed by atoms with Crippen molar-refractivity contribution in [2.24, 2.45) is 56.4 Å². The molecule has 1 saturated heterocycles. The van der Waals surface area contributed by atoms with Crippen molar-refractivity contribution in [3.05, 3.63) is 0 Å². The van der Waals surface area contributed by atoms with Crippen molar-refractivity contribution in [1.82, 2.24) is 42.1 Å². The van der Waals surface area contributed by atoms with Gasteiger partial charge in [-0.05, 0) is 82.5 Å². The highest BCUT2D eigenvalue weighted by Crippen LogP contribution is 2.17. The summed E-state index contributed by atoms with van der Waals surface area (Å²) in [6.45, 7) is 11.2. The van der Waals surface area contributed by atoms with Crippen LogP contribution in [0.4, 0.5) is 0 Å². The van der Waals surface area contributed by atoms with Crippen LogP contribution in [0.25, 0.3) is 0 Å². The number of hydrogen-bond donors (Lipinski definition) is 14. The number of carbonyl (C=O) groups excluding carboxylic acids is 8. The Kier molecular flexibility index (Phi) is 27.2. The highest BCUT2D eigenvalue weighted by atomic mass is 16.4. The van der Waals surface area contributed by atoms with Crippen LogP contribution in [0, 0.1) is 17.8 Å². The summed E-state index contributed by atoms with van der Waals surface area (Å²) in [5.74, 6) is -7.85. The van der Waals surface area contributed by atoms with E-state index in [1.54, 1.807) is 13.8 Å². The third kappa shape index (κ3) is 23.5. The van der Waals surface area contributed by atoms with Gasteiger partial charge in [0.25, 0.3) is 0 Å². The summed E-state index contributed by atoms with van der Waals surface area (Å²) in [5.41, 5.74) is 28.0. The van der Waals surface area contributed by atoms with Crippen LogP contribution in [0.2, 0.25) is 0 Å². The molecule has 69 heavy (non-hydrogen) atoms. The van der Waals surface area contributed by atoms with E-state index in [9.17, 15) is 53.4 Å². The Morgan fingerprint density at radius 2 is 1.00 bits per heavy atom. The molecule has 0 radical (unpaired) electrons. The quantitative estimate of drug-likeness (QED) is 0.0177. The van der Waals surface area contributed by atoms with E-state index in [0.717, 1.165) is 4.90 Å². The summed E-state index contributed by atoms with van der Waals surface area (Å²) >= 11 is 0. The Labute approximate surface area is 403 Å². The van der Waals surface area contributed by atoms with Crippen molar-refractivity contribution < 1.29 is 53.4 Å². The van der Waals surface area contributed by atoms with E-state index in [2.05, 4.69) is 47.2 Å². The maximum Gasteiger partial charge on any atom is 0.326 e. The number of carboxylic acid groups (broad SMARTS) is 1. The van der Waals surface area contributed by atoms with Crippen LogP contribution in [0.1, 0.15) is 106 Å². The minimum atomic E-state index is -1.62. The number of rotatable bonds is 31. The lowest BCUT2D eigenvalue weighted by atomic mass is 10.00. The predicted molar refractivity (Wildman–Crippen MR) is 256 cm³/mol. The lowest BCUT2D eigenvalue weighted by Gasteiger charge is -2.27. The monoisotopic (exact) mass is 982 g/mol. The molecule has 1 fully saturated rings. The first-order valence-corrected chi connectivity index (χ1v) is 23.4. The number of aliphatic hydroxyl groups excluding tert-OH is 1. The second-order valence-electron chi connectivity index (χ2n) is 18.4. The van der Waals surface area contributed by atoms with Gasteiger partial charge in [0.05, 0.1) is 19.2 Å². The molecular weight excluding hydrogens is 903 g/mol. The molecule has 0 unspecified atom stereocenters. The van der Waals surface area contributed by atoms with Crippen molar-refractivity contribution in [2.75, 3.05) is 32.8 Å². The zero-order valence-corrected chi connectivity index (χ0v) is 41.0. The Hall–Kier alpha value is -6.31. The molecule has 0 aromatic carbocycles. The van der Waals surface area contributed by atoms with Gasteiger partial charge in [0.1, 0.15) is 42.3 Å². The van der Waals surface area contributed by atoms with Crippen molar-refractivity contribution >= 4 is 65.1 Å². The summed E-state index contributed by atoms with van der Waals surface area (Å²) in [6, 6.07) is -9.82. The van der Waals surface area contributed by atoms with Gasteiger partial charge in [-0.1, -0.05) is 41.5 Å². The molecular formula is C43H79N15O11. The van der Waals surface area contributed by atoms with Crippen LogP contribution in [0.5, 0.6) is 0 Å². The van der Waals surface area contributed by atoms with Crippen molar-refractivity contribution in [1.29, 1.82) is 0 Å². The second kappa shape index (κ2) is 30.9. The fraction of sp³-hybridized carbons (Fsp3) is 0.744. The number of nitrogens with zero attached hydrogens (tertiary/aromatic N) is 3. The number of aliphatic carboxylic acids is 1. The number of amides is 8. The molecule has 0 aromatic rings. The maximum atomic E-state index is 14.0. The Morgan fingerprint density at radius 1 is 0.580 bits per heavy atom. The Morgan fingerprint density at radius 3 is 1.46 bits per heavy atom. The molecule has 26 nitrogen and oxygen atoms in total. The van der Waals surface area contributed by atoms with Gasteiger partial charge < -0.3 is 81.0 Å². The number of likely N-dealkylation sites (tertiary alicyclic amines) is 1. The highest BCUT2D eigenvalue weighted by Gasteiger charge is 2.36. The lowest BCUT2D eigenvalue weighted by molar-refractivity contribution is -0.148. The topological polar surface area (TPSA) is 436 Å². The molecule has 19 N–H and O–H groups in total. The molecule has 1 rings (SSSR count). The fourth-order valence-electron chi connectivity index (χ4n) is 7.24. The van der Waals surface area contributed by atoms with Crippen LogP contribution in [0.3, 0.4) is 0 Å². The maximum absolute atomic E-state index is 14.0. The van der Waals surface area contributed by atoms with E-state index in [4.69, 9.17) is 28.7 Å². The smallest absolute Gasteiger partial charge is 0.326 e. The fourth-order valence-corrected chi connectivity index (χ4v) is 7.24. The largest absolute Gasteiger partial charge is 0.480 e. The number of nitrogens with one attached hydrogen (secondary N) is 7. The summed E-state index contributed by atoms with van der Waals surface area (Å²) in [6.07, 6.45) is 1.70. The minimum Gasteiger partial charge on any atom is -0.480 e. The number of aliphatic hydroxyl groups is 1. The average molecular weight is 982 g/mol. The molecule has 8 atom stereocenters. The van der Waals surface area contributed by atoms with Crippen LogP contribution in [-0.4, -0.2) is 161 Å². The molecule has 392 valence electrons. The van der Waals surface area contributed by atoms with Gasteiger partial charge in [0.2, 0.25) is 47.3 Å². The second-order valence-corrected chi connectivity index (χ2v) is 18.4. The van der Waals surface area contributed by atoms with E-state index in [1.807, 2.05) is 27.7 Å². The predicted octanol–water partition coefficient (Wildman–Crippen LogP) is -4.33. The number of guanidine groups is 2. The van der Waals surface area contributed by atoms with Crippen molar-refractivity contribution in [3.8, 4) is 0 Å². The molecule has 0 bridgehead atoms. The molecule has 1 aliphatic heterocycles. The van der Waals surface area contributed by atoms with Crippen molar-refractivity contribution in [2.45, 2.75) is 155 Å². The van der Waals surface area contributed by atoms with E-state index in [0.29, 0.717) is 12.8 Å². The zero-order chi connectivity index (χ0) is 52.5. The van der Waals surface area contributed by atoms with Crippen LogP contribution < -0.4 is 65.9 Å². The normalized spacial score (nSPS) is 16.4. The molecule has 0 aliphatic carbocycles. The number of carboxylic acids is 1. The van der Waals surface area contributed by atoms with E-state index in [1.165, 1.54) is 6.92 Å². The molecule has 8 amide bonds. The first-order chi connectivity index (χ1) is 32.3. The van der Waals surface area contributed by atoms with Gasteiger partial charge in [-0.25, -0.2) is 4.79 Å². The van der Waals surface area contributed by atoms with E-state index in [-0.39, 0.29) is 94.3 Å². The van der Waals surface area contributed by atoms with Crippen LogP contribution >= 0.6 is 0 Å². The summed E-state index contributed by atoms with van der Waals surface area (Å²) in [5, 5.41) is 37.3. The van der Waals surface area contributed by atoms with Gasteiger partial charge in [-0.2, -0.15) is 0 Å². The molecule has 0 aromatic heterocycles. The number of hydrogen-bond acceptors (Lipinski definition) is 13. The van der Waals surface area contributed by atoms with Gasteiger partial charge in [-0.3, -0.25) is 48.3 Å². The van der Waals surface area contributed by atoms with Gasteiger partial charge in [-0.15, -0.1) is 0 Å². The number of aliphatic imine (C=N–C) groups is 2. The molecule has 0 spiro atoms. The highest BCUT2D eigenvalue weighted by molar-refractivity contribution is 5.97. The molecule has 1 heterocycles. The first-order valence-electron chi connectivity index (χ1n) is 23.4. The van der Waals surface area contributed by atoms with Gasteiger partial charge in [0.15, 0.2) is 11.9 Å². The lowest BCUT2D eigenvalue weighted by Crippen LogP contribution is -2.60. The van der Waals surface area contributed by atoms with Gasteiger partial charge >= 0.3 is 5.97 Å².